The molecule has 2 aliphatic rings. The largest absolute Gasteiger partial charge is 0.390 e. The van der Waals surface area contributed by atoms with Crippen molar-refractivity contribution in [1.82, 2.24) is 15.1 Å². The van der Waals surface area contributed by atoms with Crippen LogP contribution in [0.1, 0.15) is 47.0 Å². The predicted octanol–water partition coefficient (Wildman–Crippen LogP) is 1.66. The maximum absolute atomic E-state index is 12.2. The van der Waals surface area contributed by atoms with Gasteiger partial charge in [-0.3, -0.25) is 4.90 Å². The van der Waals surface area contributed by atoms with Crippen LogP contribution in [0.4, 0.5) is 4.79 Å². The summed E-state index contributed by atoms with van der Waals surface area (Å²) in [5, 5.41) is 13.1. The van der Waals surface area contributed by atoms with Gasteiger partial charge in [0.15, 0.2) is 0 Å². The van der Waals surface area contributed by atoms with E-state index in [0.29, 0.717) is 6.54 Å². The third kappa shape index (κ3) is 3.89. The first kappa shape index (κ1) is 16.6. The number of nitrogens with zero attached hydrogens (tertiary/aromatic N) is 2. The molecular weight excluding hydrogens is 266 g/mol. The lowest BCUT2D eigenvalue weighted by atomic mass is 9.77. The molecule has 0 spiro atoms. The molecule has 21 heavy (non-hydrogen) atoms. The molecule has 0 unspecified atom stereocenters. The highest BCUT2D eigenvalue weighted by Crippen LogP contribution is 2.29. The molecule has 2 N–H and O–H groups in total. The number of hydrogen-bond acceptors (Lipinski definition) is 3. The fourth-order valence-corrected chi connectivity index (χ4v) is 2.67. The monoisotopic (exact) mass is 297 g/mol. The molecule has 1 aliphatic heterocycles. The number of aliphatic hydroxyl groups is 1. The second-order valence-electron chi connectivity index (χ2n) is 7.71. The summed E-state index contributed by atoms with van der Waals surface area (Å²) in [5.41, 5.74) is -1.17. The first-order valence-electron chi connectivity index (χ1n) is 8.20. The maximum Gasteiger partial charge on any atom is 0.317 e. The number of hydrogen-bond donors (Lipinski definition) is 2. The molecule has 0 aromatic carbocycles. The van der Waals surface area contributed by atoms with E-state index in [1.807, 2.05) is 18.7 Å². The number of rotatable bonds is 4. The number of amides is 2. The fraction of sp³-hybridized carbons (Fsp3) is 0.938. The van der Waals surface area contributed by atoms with Crippen LogP contribution in [0.2, 0.25) is 0 Å². The molecule has 1 saturated carbocycles. The summed E-state index contributed by atoms with van der Waals surface area (Å²) < 4.78 is 0. The van der Waals surface area contributed by atoms with E-state index in [4.69, 9.17) is 0 Å². The first-order valence-corrected chi connectivity index (χ1v) is 8.20. The molecule has 5 nitrogen and oxygen atoms in total. The van der Waals surface area contributed by atoms with Crippen molar-refractivity contribution >= 4 is 6.03 Å². The molecule has 2 rings (SSSR count). The Morgan fingerprint density at radius 2 is 1.71 bits per heavy atom. The van der Waals surface area contributed by atoms with E-state index in [1.165, 1.54) is 19.3 Å². The molecule has 1 aliphatic carbocycles. The highest BCUT2D eigenvalue weighted by atomic mass is 16.3. The molecule has 0 bridgehead atoms. The topological polar surface area (TPSA) is 55.8 Å². The lowest BCUT2D eigenvalue weighted by molar-refractivity contribution is -0.0329. The number of carbonyl (C=O) groups excluding carboxylic acids is 1. The SMILES string of the molecule is CC(C)(O)C(C)(C)CNC(=O)N1CCN(C2CCC2)CC1. The minimum Gasteiger partial charge on any atom is -0.390 e. The Bertz CT molecular complexity index is 364. The van der Waals surface area contributed by atoms with Crippen LogP contribution in [0.25, 0.3) is 0 Å². The summed E-state index contributed by atoms with van der Waals surface area (Å²) >= 11 is 0. The van der Waals surface area contributed by atoms with Crippen molar-refractivity contribution in [3.05, 3.63) is 0 Å². The smallest absolute Gasteiger partial charge is 0.317 e. The molecule has 1 heterocycles. The normalized spacial score (nSPS) is 22.0. The van der Waals surface area contributed by atoms with Crippen LogP contribution in [0.5, 0.6) is 0 Å². The maximum atomic E-state index is 12.2. The van der Waals surface area contributed by atoms with Crippen molar-refractivity contribution in [1.29, 1.82) is 0 Å². The van der Waals surface area contributed by atoms with Crippen molar-refractivity contribution in [3.8, 4) is 0 Å². The Labute approximate surface area is 128 Å². The van der Waals surface area contributed by atoms with Gasteiger partial charge >= 0.3 is 6.03 Å². The van der Waals surface area contributed by atoms with E-state index in [1.54, 1.807) is 13.8 Å². The number of piperazine rings is 1. The van der Waals surface area contributed by atoms with Crippen LogP contribution in [-0.4, -0.2) is 65.3 Å². The average molecular weight is 297 g/mol. The quantitative estimate of drug-likeness (QED) is 0.830. The number of carbonyl (C=O) groups is 1. The van der Waals surface area contributed by atoms with Gasteiger partial charge in [-0.25, -0.2) is 4.79 Å². The highest BCUT2D eigenvalue weighted by molar-refractivity contribution is 5.74. The van der Waals surface area contributed by atoms with Crippen molar-refractivity contribution in [2.24, 2.45) is 5.41 Å². The zero-order valence-corrected chi connectivity index (χ0v) is 14.0. The molecule has 5 heteroatoms. The molecule has 2 amide bonds. The molecule has 0 aromatic rings. The minimum absolute atomic E-state index is 0.000541. The minimum atomic E-state index is -0.816. The van der Waals surface area contributed by atoms with Crippen LogP contribution in [0, 0.1) is 5.41 Å². The third-order valence-electron chi connectivity index (χ3n) is 5.53. The highest BCUT2D eigenvalue weighted by Gasteiger charge is 2.36. The predicted molar refractivity (Wildman–Crippen MR) is 84.3 cm³/mol. The lowest BCUT2D eigenvalue weighted by Crippen LogP contribution is -2.57. The Morgan fingerprint density at radius 3 is 2.14 bits per heavy atom. The van der Waals surface area contributed by atoms with Gasteiger partial charge in [-0.1, -0.05) is 20.3 Å². The van der Waals surface area contributed by atoms with E-state index in [9.17, 15) is 9.90 Å². The summed E-state index contributed by atoms with van der Waals surface area (Å²) in [5.74, 6) is 0. The molecule has 1 saturated heterocycles. The summed E-state index contributed by atoms with van der Waals surface area (Å²) in [6, 6.07) is 0.768. The van der Waals surface area contributed by atoms with E-state index in [0.717, 1.165) is 32.2 Å². The van der Waals surface area contributed by atoms with E-state index in [2.05, 4.69) is 10.2 Å². The van der Waals surface area contributed by atoms with Gasteiger partial charge in [0.2, 0.25) is 0 Å². The van der Waals surface area contributed by atoms with Crippen LogP contribution in [-0.2, 0) is 0 Å². The standard InChI is InChI=1S/C16H31N3O2/c1-15(2,16(3,4)21)12-17-14(20)19-10-8-18(9-11-19)13-6-5-7-13/h13,21H,5-12H2,1-4H3,(H,17,20). The van der Waals surface area contributed by atoms with Crippen molar-refractivity contribution in [2.45, 2.75) is 58.6 Å². The van der Waals surface area contributed by atoms with Gasteiger partial charge < -0.3 is 15.3 Å². The van der Waals surface area contributed by atoms with Crippen LogP contribution < -0.4 is 5.32 Å². The van der Waals surface area contributed by atoms with Crippen molar-refractivity contribution in [2.75, 3.05) is 32.7 Å². The van der Waals surface area contributed by atoms with Crippen LogP contribution in [0.3, 0.4) is 0 Å². The zero-order chi connectivity index (χ0) is 15.7. The molecular formula is C16H31N3O2. The zero-order valence-electron chi connectivity index (χ0n) is 14.0. The number of nitrogens with one attached hydrogen (secondary N) is 1. The Hall–Kier alpha value is -0.810. The van der Waals surface area contributed by atoms with Gasteiger partial charge in [-0.2, -0.15) is 0 Å². The molecule has 0 atom stereocenters. The lowest BCUT2D eigenvalue weighted by Gasteiger charge is -2.43. The van der Waals surface area contributed by atoms with Crippen molar-refractivity contribution in [3.63, 3.8) is 0 Å². The first-order chi connectivity index (χ1) is 9.71. The molecule has 0 aromatic heterocycles. The molecule has 122 valence electrons. The van der Waals surface area contributed by atoms with Gasteiger partial charge in [0.25, 0.3) is 0 Å². The Morgan fingerprint density at radius 1 is 1.14 bits per heavy atom. The van der Waals surface area contributed by atoms with Gasteiger partial charge in [0.1, 0.15) is 0 Å². The molecule has 0 radical (unpaired) electrons. The Kier molecular flexibility index (Phi) is 4.83. The van der Waals surface area contributed by atoms with E-state index < -0.39 is 5.60 Å². The summed E-state index contributed by atoms with van der Waals surface area (Å²) in [6.45, 7) is 11.6. The second-order valence-corrected chi connectivity index (χ2v) is 7.71. The fourth-order valence-electron chi connectivity index (χ4n) is 2.67. The summed E-state index contributed by atoms with van der Waals surface area (Å²) in [4.78, 5) is 16.7. The Balaban J connectivity index is 1.74. The average Bonchev–Trinajstić information content (AvgIpc) is 2.33. The number of urea groups is 1. The second kappa shape index (κ2) is 6.13. The van der Waals surface area contributed by atoms with Crippen molar-refractivity contribution < 1.29 is 9.90 Å². The van der Waals surface area contributed by atoms with Crippen LogP contribution in [0.15, 0.2) is 0 Å². The third-order valence-corrected chi connectivity index (χ3v) is 5.53. The molecule has 2 fully saturated rings. The van der Waals surface area contributed by atoms with Gasteiger partial charge in [0.05, 0.1) is 5.60 Å². The van der Waals surface area contributed by atoms with Gasteiger partial charge in [-0.15, -0.1) is 0 Å². The van der Waals surface area contributed by atoms with Crippen LogP contribution >= 0.6 is 0 Å². The summed E-state index contributed by atoms with van der Waals surface area (Å²) in [7, 11) is 0. The van der Waals surface area contributed by atoms with Gasteiger partial charge in [-0.05, 0) is 26.7 Å². The summed E-state index contributed by atoms with van der Waals surface area (Å²) in [6.07, 6.45) is 4.01. The van der Waals surface area contributed by atoms with Gasteiger partial charge in [0, 0.05) is 44.2 Å². The van der Waals surface area contributed by atoms with E-state index in [-0.39, 0.29) is 11.4 Å². The van der Waals surface area contributed by atoms with E-state index >= 15 is 0 Å².